The van der Waals surface area contributed by atoms with Crippen LogP contribution in [-0.4, -0.2) is 49.3 Å². The maximum absolute atomic E-state index is 13.0. The Morgan fingerprint density at radius 3 is 2.74 bits per heavy atom. The largest absolute Gasteiger partial charge is 0.454 e. The summed E-state index contributed by atoms with van der Waals surface area (Å²) >= 11 is 1.67. The molecule has 0 saturated carbocycles. The quantitative estimate of drug-likeness (QED) is 0.461. The van der Waals surface area contributed by atoms with Crippen molar-refractivity contribution in [2.45, 2.75) is 25.5 Å². The molecule has 1 fully saturated rings. The zero-order valence-corrected chi connectivity index (χ0v) is 20.0. The van der Waals surface area contributed by atoms with Crippen LogP contribution in [0.5, 0.6) is 11.5 Å². The summed E-state index contributed by atoms with van der Waals surface area (Å²) in [6, 6.07) is 16.3. The fourth-order valence-electron chi connectivity index (χ4n) is 4.24. The highest BCUT2D eigenvalue weighted by molar-refractivity contribution is 7.09. The maximum atomic E-state index is 13.0. The number of nitrogens with one attached hydrogen (secondary N) is 2. The molecule has 1 unspecified atom stereocenters. The Kier molecular flexibility index (Phi) is 7.27. The van der Waals surface area contributed by atoms with Gasteiger partial charge >= 0.3 is 0 Å². The van der Waals surface area contributed by atoms with E-state index in [0.29, 0.717) is 41.5 Å². The lowest BCUT2D eigenvalue weighted by molar-refractivity contribution is -0.117. The maximum Gasteiger partial charge on any atom is 0.257 e. The first-order chi connectivity index (χ1) is 17.1. The molecule has 182 valence electrons. The van der Waals surface area contributed by atoms with Gasteiger partial charge in [-0.2, -0.15) is 0 Å². The van der Waals surface area contributed by atoms with Gasteiger partial charge in [0.05, 0.1) is 23.9 Å². The van der Waals surface area contributed by atoms with E-state index in [0.717, 1.165) is 19.4 Å². The first-order valence-corrected chi connectivity index (χ1v) is 12.5. The van der Waals surface area contributed by atoms with E-state index in [4.69, 9.17) is 14.2 Å². The third-order valence-electron chi connectivity index (χ3n) is 5.89. The van der Waals surface area contributed by atoms with E-state index in [2.05, 4.69) is 21.6 Å². The number of carbonyl (C=O) groups excluding carboxylic acids is 2. The van der Waals surface area contributed by atoms with E-state index in [1.54, 1.807) is 53.8 Å². The third-order valence-corrected chi connectivity index (χ3v) is 6.75. The van der Waals surface area contributed by atoms with E-state index < -0.39 is 0 Å². The number of carbonyl (C=O) groups is 2. The van der Waals surface area contributed by atoms with Crippen LogP contribution in [0.15, 0.2) is 60.0 Å². The molecule has 1 aromatic heterocycles. The van der Waals surface area contributed by atoms with Crippen molar-refractivity contribution in [2.75, 3.05) is 37.1 Å². The number of ether oxygens (including phenoxy) is 3. The summed E-state index contributed by atoms with van der Waals surface area (Å²) < 4.78 is 16.5. The second kappa shape index (κ2) is 10.9. The molecule has 3 aromatic rings. The smallest absolute Gasteiger partial charge is 0.257 e. The van der Waals surface area contributed by atoms with Crippen molar-refractivity contribution in [3.8, 4) is 11.5 Å². The lowest BCUT2D eigenvalue weighted by Crippen LogP contribution is -2.38. The number of benzene rings is 2. The molecule has 1 atom stereocenters. The lowest BCUT2D eigenvalue weighted by Gasteiger charge is -2.24. The van der Waals surface area contributed by atoms with E-state index in [1.165, 1.54) is 4.88 Å². The van der Waals surface area contributed by atoms with Crippen molar-refractivity contribution in [2.24, 2.45) is 0 Å². The monoisotopic (exact) mass is 493 g/mol. The van der Waals surface area contributed by atoms with E-state index >= 15 is 0 Å². The van der Waals surface area contributed by atoms with Crippen LogP contribution in [0.3, 0.4) is 0 Å². The molecule has 2 aliphatic heterocycles. The highest BCUT2D eigenvalue weighted by atomic mass is 32.1. The number of para-hydroxylation sites is 1. The van der Waals surface area contributed by atoms with Gasteiger partial charge < -0.3 is 24.8 Å². The number of thiophene rings is 1. The minimum absolute atomic E-state index is 0.141. The molecule has 3 heterocycles. The predicted molar refractivity (Wildman–Crippen MR) is 134 cm³/mol. The normalized spacial score (nSPS) is 16.4. The summed E-state index contributed by atoms with van der Waals surface area (Å²) in [7, 11) is 0. The highest BCUT2D eigenvalue weighted by Gasteiger charge is 2.22. The fourth-order valence-corrected chi connectivity index (χ4v) is 4.99. The molecule has 8 nitrogen and oxygen atoms in total. The van der Waals surface area contributed by atoms with Crippen molar-refractivity contribution in [1.29, 1.82) is 0 Å². The molecule has 2 amide bonds. The summed E-state index contributed by atoms with van der Waals surface area (Å²) in [6.45, 7) is 2.51. The topological polar surface area (TPSA) is 89.1 Å². The van der Waals surface area contributed by atoms with Crippen molar-refractivity contribution in [3.63, 3.8) is 0 Å². The van der Waals surface area contributed by atoms with Crippen molar-refractivity contribution in [3.05, 3.63) is 70.4 Å². The number of fused-ring (bicyclic) bond motifs is 1. The van der Waals surface area contributed by atoms with Crippen LogP contribution >= 0.6 is 11.3 Å². The Balaban J connectivity index is 1.25. The minimum Gasteiger partial charge on any atom is -0.454 e. The van der Waals surface area contributed by atoms with Crippen LogP contribution in [0.25, 0.3) is 0 Å². The first kappa shape index (κ1) is 23.3. The Labute approximate surface area is 207 Å². The van der Waals surface area contributed by atoms with Crippen LogP contribution in [0.1, 0.15) is 28.1 Å². The number of hydrogen-bond acceptors (Lipinski definition) is 7. The Morgan fingerprint density at radius 2 is 1.91 bits per heavy atom. The van der Waals surface area contributed by atoms with Gasteiger partial charge in [0.1, 0.15) is 0 Å². The number of anilines is 2. The van der Waals surface area contributed by atoms with E-state index in [-0.39, 0.29) is 31.3 Å². The Morgan fingerprint density at radius 1 is 1.03 bits per heavy atom. The number of amides is 2. The summed E-state index contributed by atoms with van der Waals surface area (Å²) in [4.78, 5) is 29.4. The zero-order chi connectivity index (χ0) is 24.0. The van der Waals surface area contributed by atoms with Gasteiger partial charge in [-0.25, -0.2) is 0 Å². The number of nitrogens with zero attached hydrogens (tertiary/aromatic N) is 1. The van der Waals surface area contributed by atoms with E-state index in [9.17, 15) is 9.59 Å². The van der Waals surface area contributed by atoms with Crippen molar-refractivity contribution < 1.29 is 23.8 Å². The van der Waals surface area contributed by atoms with Gasteiger partial charge in [0.25, 0.3) is 5.91 Å². The van der Waals surface area contributed by atoms with Crippen LogP contribution in [0.4, 0.5) is 11.4 Å². The van der Waals surface area contributed by atoms with Gasteiger partial charge in [-0.3, -0.25) is 14.5 Å². The molecule has 0 radical (unpaired) electrons. The summed E-state index contributed by atoms with van der Waals surface area (Å²) in [5, 5.41) is 7.84. The second-order valence-corrected chi connectivity index (χ2v) is 9.53. The number of rotatable bonds is 9. The standard InChI is InChI=1S/C26H27N3O5S/c30-25(16-29(14-19-5-3-11-32-19)15-20-6-4-12-35-20)28-22-8-2-1-7-21(22)26(31)27-18-9-10-23-24(13-18)34-17-33-23/h1-2,4,6-10,12-13,19H,3,5,11,14-17H2,(H,27,31)(H,28,30). The molecule has 2 aromatic carbocycles. The SMILES string of the molecule is O=C(CN(Cc1cccs1)CC1CCCO1)Nc1ccccc1C(=O)Nc1ccc2c(c1)OCO2. The summed E-state index contributed by atoms with van der Waals surface area (Å²) in [6.07, 6.45) is 2.20. The van der Waals surface area contributed by atoms with Crippen LogP contribution in [0, 0.1) is 0 Å². The molecule has 2 N–H and O–H groups in total. The van der Waals surface area contributed by atoms with E-state index in [1.807, 2.05) is 11.4 Å². The van der Waals surface area contributed by atoms with Gasteiger partial charge in [0.2, 0.25) is 12.7 Å². The van der Waals surface area contributed by atoms with Crippen molar-refractivity contribution >= 4 is 34.5 Å². The summed E-state index contributed by atoms with van der Waals surface area (Å²) in [5.41, 5.74) is 1.42. The van der Waals surface area contributed by atoms with Gasteiger partial charge in [0.15, 0.2) is 11.5 Å². The van der Waals surface area contributed by atoms with Gasteiger partial charge in [-0.05, 0) is 48.6 Å². The van der Waals surface area contributed by atoms with Gasteiger partial charge in [-0.15, -0.1) is 11.3 Å². The second-order valence-electron chi connectivity index (χ2n) is 8.50. The van der Waals surface area contributed by atoms with Crippen LogP contribution in [-0.2, 0) is 16.1 Å². The Bertz CT molecular complexity index is 1180. The molecule has 0 spiro atoms. The van der Waals surface area contributed by atoms with Crippen LogP contribution in [0.2, 0.25) is 0 Å². The van der Waals surface area contributed by atoms with Gasteiger partial charge in [0, 0.05) is 36.3 Å². The molecular weight excluding hydrogens is 466 g/mol. The summed E-state index contributed by atoms with van der Waals surface area (Å²) in [5.74, 6) is 0.727. The molecule has 1 saturated heterocycles. The first-order valence-electron chi connectivity index (χ1n) is 11.6. The molecular formula is C26H27N3O5S. The molecule has 0 bridgehead atoms. The Hall–Kier alpha value is -3.40. The average Bonchev–Trinajstić information content (AvgIpc) is 3.62. The average molecular weight is 494 g/mol. The molecule has 0 aliphatic carbocycles. The zero-order valence-electron chi connectivity index (χ0n) is 19.2. The third kappa shape index (κ3) is 6.00. The van der Waals surface area contributed by atoms with Crippen molar-refractivity contribution in [1.82, 2.24) is 4.90 Å². The minimum atomic E-state index is -0.324. The molecule has 2 aliphatic rings. The predicted octanol–water partition coefficient (Wildman–Crippen LogP) is 4.35. The van der Waals surface area contributed by atoms with Crippen LogP contribution < -0.4 is 20.1 Å². The van der Waals surface area contributed by atoms with Gasteiger partial charge in [-0.1, -0.05) is 18.2 Å². The molecule has 35 heavy (non-hydrogen) atoms. The molecule has 5 rings (SSSR count). The lowest BCUT2D eigenvalue weighted by atomic mass is 10.1. The fraction of sp³-hybridized carbons (Fsp3) is 0.308. The highest BCUT2D eigenvalue weighted by Crippen LogP contribution is 2.34. The number of hydrogen-bond donors (Lipinski definition) is 2. The molecule has 9 heteroatoms.